The van der Waals surface area contributed by atoms with Crippen LogP contribution >= 0.6 is 0 Å². The number of nitrogens with zero attached hydrogens (tertiary/aromatic N) is 1. The first-order valence-corrected chi connectivity index (χ1v) is 9.60. The van der Waals surface area contributed by atoms with Crippen molar-refractivity contribution in [1.82, 2.24) is 4.98 Å². The first kappa shape index (κ1) is 18.0. The number of carbonyl (C=O) groups is 1. The van der Waals surface area contributed by atoms with E-state index in [2.05, 4.69) is 28.8 Å². The van der Waals surface area contributed by atoms with Gasteiger partial charge in [0.25, 0.3) is 0 Å². The SMILES string of the molecule is CCCC(=O)Nc1cc(C)cc(Nc2c3ccccc3nc3ccccc23)c1. The topological polar surface area (TPSA) is 54.0 Å². The predicted molar refractivity (Wildman–Crippen MR) is 117 cm³/mol. The second kappa shape index (κ2) is 7.69. The highest BCUT2D eigenvalue weighted by Crippen LogP contribution is 2.33. The summed E-state index contributed by atoms with van der Waals surface area (Å²) < 4.78 is 0. The van der Waals surface area contributed by atoms with E-state index in [0.717, 1.165) is 50.9 Å². The Hall–Kier alpha value is -3.40. The lowest BCUT2D eigenvalue weighted by molar-refractivity contribution is -0.116. The molecule has 1 heterocycles. The maximum Gasteiger partial charge on any atom is 0.224 e. The van der Waals surface area contributed by atoms with E-state index in [9.17, 15) is 4.79 Å². The van der Waals surface area contributed by atoms with Crippen LogP contribution in [0.25, 0.3) is 21.8 Å². The first-order valence-electron chi connectivity index (χ1n) is 9.60. The Bertz CT molecular complexity index is 1110. The maximum absolute atomic E-state index is 12.0. The van der Waals surface area contributed by atoms with E-state index >= 15 is 0 Å². The zero-order valence-electron chi connectivity index (χ0n) is 16.1. The van der Waals surface area contributed by atoms with E-state index in [0.29, 0.717) is 6.42 Å². The molecule has 28 heavy (non-hydrogen) atoms. The predicted octanol–water partition coefficient (Wildman–Crippen LogP) is 6.18. The molecule has 1 aromatic heterocycles. The van der Waals surface area contributed by atoms with Gasteiger partial charge in [0.15, 0.2) is 0 Å². The number of aromatic nitrogens is 1. The highest BCUT2D eigenvalue weighted by molar-refractivity contribution is 6.08. The Labute approximate surface area is 164 Å². The van der Waals surface area contributed by atoms with Gasteiger partial charge in [0, 0.05) is 28.6 Å². The molecule has 4 heteroatoms. The number of nitrogens with one attached hydrogen (secondary N) is 2. The molecule has 0 aliphatic carbocycles. The smallest absolute Gasteiger partial charge is 0.224 e. The lowest BCUT2D eigenvalue weighted by Gasteiger charge is -2.15. The van der Waals surface area contributed by atoms with Gasteiger partial charge in [-0.2, -0.15) is 0 Å². The molecule has 3 aromatic carbocycles. The molecule has 1 amide bonds. The summed E-state index contributed by atoms with van der Waals surface area (Å²) in [5, 5.41) is 8.72. The number of hydrogen-bond acceptors (Lipinski definition) is 3. The molecule has 0 radical (unpaired) electrons. The summed E-state index contributed by atoms with van der Waals surface area (Å²) in [6.07, 6.45) is 1.36. The molecule has 2 N–H and O–H groups in total. The average Bonchev–Trinajstić information content (AvgIpc) is 2.67. The molecule has 0 spiro atoms. The van der Waals surface area contributed by atoms with Crippen LogP contribution in [0.4, 0.5) is 17.1 Å². The summed E-state index contributed by atoms with van der Waals surface area (Å²) in [6.45, 7) is 4.03. The van der Waals surface area contributed by atoms with Crippen molar-refractivity contribution in [1.29, 1.82) is 0 Å². The van der Waals surface area contributed by atoms with Gasteiger partial charge in [-0.3, -0.25) is 4.79 Å². The zero-order chi connectivity index (χ0) is 19.5. The van der Waals surface area contributed by atoms with Gasteiger partial charge in [0.05, 0.1) is 16.7 Å². The van der Waals surface area contributed by atoms with Gasteiger partial charge >= 0.3 is 0 Å². The fourth-order valence-corrected chi connectivity index (χ4v) is 3.50. The van der Waals surface area contributed by atoms with E-state index < -0.39 is 0 Å². The van der Waals surface area contributed by atoms with Crippen molar-refractivity contribution in [2.75, 3.05) is 10.6 Å². The first-order chi connectivity index (χ1) is 13.6. The van der Waals surface area contributed by atoms with Crippen LogP contribution in [0.3, 0.4) is 0 Å². The zero-order valence-corrected chi connectivity index (χ0v) is 16.1. The lowest BCUT2D eigenvalue weighted by atomic mass is 10.1. The van der Waals surface area contributed by atoms with Crippen LogP contribution in [-0.2, 0) is 4.79 Å². The second-order valence-corrected chi connectivity index (χ2v) is 7.03. The van der Waals surface area contributed by atoms with E-state index in [1.54, 1.807) is 0 Å². The van der Waals surface area contributed by atoms with Crippen molar-refractivity contribution in [3.05, 3.63) is 72.3 Å². The number of fused-ring (bicyclic) bond motifs is 2. The largest absolute Gasteiger partial charge is 0.354 e. The van der Waals surface area contributed by atoms with Crippen LogP contribution in [-0.4, -0.2) is 10.9 Å². The normalized spacial score (nSPS) is 10.9. The average molecular weight is 369 g/mol. The van der Waals surface area contributed by atoms with Gasteiger partial charge in [0.2, 0.25) is 5.91 Å². The third-order valence-electron chi connectivity index (χ3n) is 4.70. The highest BCUT2D eigenvalue weighted by atomic mass is 16.1. The number of carbonyl (C=O) groups excluding carboxylic acids is 1. The van der Waals surface area contributed by atoms with E-state index in [4.69, 9.17) is 4.98 Å². The number of pyridine rings is 1. The fraction of sp³-hybridized carbons (Fsp3) is 0.167. The fourth-order valence-electron chi connectivity index (χ4n) is 3.50. The van der Waals surface area contributed by atoms with Crippen molar-refractivity contribution in [3.63, 3.8) is 0 Å². The van der Waals surface area contributed by atoms with Crippen molar-refractivity contribution in [2.24, 2.45) is 0 Å². The van der Waals surface area contributed by atoms with Crippen LogP contribution < -0.4 is 10.6 Å². The molecule has 140 valence electrons. The third kappa shape index (κ3) is 3.67. The van der Waals surface area contributed by atoms with Crippen molar-refractivity contribution >= 4 is 44.8 Å². The van der Waals surface area contributed by atoms with Gasteiger partial charge in [0.1, 0.15) is 0 Å². The molecule has 4 nitrogen and oxygen atoms in total. The molecule has 0 aliphatic rings. The van der Waals surface area contributed by atoms with Crippen LogP contribution in [0.1, 0.15) is 25.3 Å². The number of hydrogen-bond donors (Lipinski definition) is 2. The van der Waals surface area contributed by atoms with Crippen LogP contribution in [0.5, 0.6) is 0 Å². The minimum Gasteiger partial charge on any atom is -0.354 e. The standard InChI is InChI=1S/C24H23N3O/c1-3-8-23(28)25-17-13-16(2)14-18(15-17)26-24-19-9-4-6-11-21(19)27-22-12-7-5-10-20(22)24/h4-7,9-15H,3,8H2,1-2H3,(H,25,28)(H,26,27). The Morgan fingerprint density at radius 2 is 1.50 bits per heavy atom. The van der Waals surface area contributed by atoms with Gasteiger partial charge in [-0.05, 0) is 49.2 Å². The summed E-state index contributed by atoms with van der Waals surface area (Å²) in [7, 11) is 0. The van der Waals surface area contributed by atoms with Crippen molar-refractivity contribution < 1.29 is 4.79 Å². The molecule has 0 unspecified atom stereocenters. The number of benzene rings is 3. The summed E-state index contributed by atoms with van der Waals surface area (Å²) >= 11 is 0. The second-order valence-electron chi connectivity index (χ2n) is 7.03. The number of amides is 1. The van der Waals surface area contributed by atoms with E-state index in [1.165, 1.54) is 0 Å². The Balaban J connectivity index is 1.79. The van der Waals surface area contributed by atoms with E-state index in [-0.39, 0.29) is 5.91 Å². The number of para-hydroxylation sites is 2. The van der Waals surface area contributed by atoms with Gasteiger partial charge < -0.3 is 10.6 Å². The molecule has 0 atom stereocenters. The Kier molecular flexibility index (Phi) is 4.94. The molecule has 4 rings (SSSR count). The quantitative estimate of drug-likeness (QED) is 0.413. The number of aryl methyl sites for hydroxylation is 1. The molecule has 4 aromatic rings. The minimum absolute atomic E-state index is 0.0406. The number of rotatable bonds is 5. The van der Waals surface area contributed by atoms with Crippen LogP contribution in [0.2, 0.25) is 0 Å². The Morgan fingerprint density at radius 1 is 0.893 bits per heavy atom. The van der Waals surface area contributed by atoms with Crippen molar-refractivity contribution in [3.8, 4) is 0 Å². The van der Waals surface area contributed by atoms with Crippen molar-refractivity contribution in [2.45, 2.75) is 26.7 Å². The Morgan fingerprint density at radius 3 is 2.14 bits per heavy atom. The molecule has 0 saturated heterocycles. The van der Waals surface area contributed by atoms with Crippen LogP contribution in [0.15, 0.2) is 66.7 Å². The lowest BCUT2D eigenvalue weighted by Crippen LogP contribution is -2.10. The highest BCUT2D eigenvalue weighted by Gasteiger charge is 2.10. The van der Waals surface area contributed by atoms with Gasteiger partial charge in [-0.25, -0.2) is 4.98 Å². The molecule has 0 fully saturated rings. The minimum atomic E-state index is 0.0406. The maximum atomic E-state index is 12.0. The van der Waals surface area contributed by atoms with E-state index in [1.807, 2.05) is 62.4 Å². The summed E-state index contributed by atoms with van der Waals surface area (Å²) in [5.74, 6) is 0.0406. The van der Waals surface area contributed by atoms with Gasteiger partial charge in [-0.15, -0.1) is 0 Å². The number of anilines is 3. The molecule has 0 bridgehead atoms. The molecular formula is C24H23N3O. The molecule has 0 aliphatic heterocycles. The van der Waals surface area contributed by atoms with Gasteiger partial charge in [-0.1, -0.05) is 43.3 Å². The van der Waals surface area contributed by atoms with Crippen LogP contribution in [0, 0.1) is 6.92 Å². The summed E-state index contributed by atoms with van der Waals surface area (Å²) in [6, 6.07) is 22.3. The molecular weight excluding hydrogens is 346 g/mol. The monoisotopic (exact) mass is 369 g/mol. The summed E-state index contributed by atoms with van der Waals surface area (Å²) in [5.41, 5.74) is 5.76. The third-order valence-corrected chi connectivity index (χ3v) is 4.70. The summed E-state index contributed by atoms with van der Waals surface area (Å²) in [4.78, 5) is 16.8. The molecule has 0 saturated carbocycles.